The highest BCUT2D eigenvalue weighted by Crippen LogP contribution is 2.31. The Morgan fingerprint density at radius 1 is 1.23 bits per heavy atom. The molecule has 1 radical (unpaired) electrons. The first-order chi connectivity index (χ1) is 10.3. The molecule has 3 aromatic rings. The molecular weight excluding hydrogens is 336 g/mol. The molecule has 0 saturated heterocycles. The van der Waals surface area contributed by atoms with Gasteiger partial charge < -0.3 is 4.98 Å². The molecule has 22 heavy (non-hydrogen) atoms. The van der Waals surface area contributed by atoms with E-state index in [0.717, 1.165) is 6.07 Å². The maximum atomic E-state index is 12.7. The fraction of sp³-hybridized carbons (Fsp3) is 0.133. The number of fused-ring (bicyclic) bond motifs is 1. The molecule has 7 heteroatoms. The number of aromatic nitrogens is 2. The van der Waals surface area contributed by atoms with Crippen LogP contribution in [0.25, 0.3) is 10.9 Å². The predicted octanol–water partition coefficient (Wildman–Crippen LogP) is 5.28. The first kappa shape index (κ1) is 15.2. The molecule has 2 aromatic heterocycles. The quantitative estimate of drug-likeness (QED) is 0.673. The Kier molecular flexibility index (Phi) is 3.78. The number of aromatic amines is 1. The summed E-state index contributed by atoms with van der Waals surface area (Å²) in [5.74, 6) is 0. The lowest BCUT2D eigenvalue weighted by atomic mass is 10.1. The van der Waals surface area contributed by atoms with Crippen molar-refractivity contribution in [3.8, 4) is 0 Å². The monoisotopic (exact) mass is 343 g/mol. The topological polar surface area (TPSA) is 28.7 Å². The first-order valence-electron chi connectivity index (χ1n) is 6.24. The second-order valence-corrected chi connectivity index (χ2v) is 5.53. The molecule has 2 nitrogen and oxygen atoms in total. The lowest BCUT2D eigenvalue weighted by Gasteiger charge is -2.05. The number of nitrogens with one attached hydrogen (secondary N) is 1. The van der Waals surface area contributed by atoms with Crippen LogP contribution in [0, 0.1) is 6.07 Å². The Bertz CT molecular complexity index is 820. The lowest BCUT2D eigenvalue weighted by Crippen LogP contribution is -2.07. The molecule has 0 spiro atoms. The summed E-state index contributed by atoms with van der Waals surface area (Å²) in [5.41, 5.74) is 0.794. The van der Waals surface area contributed by atoms with Gasteiger partial charge >= 0.3 is 6.18 Å². The minimum Gasteiger partial charge on any atom is -0.358 e. The van der Waals surface area contributed by atoms with Gasteiger partial charge in [-0.25, -0.2) is 0 Å². The van der Waals surface area contributed by atoms with Crippen LogP contribution in [-0.2, 0) is 12.6 Å². The van der Waals surface area contributed by atoms with Crippen LogP contribution in [0.1, 0.15) is 17.0 Å². The highest BCUT2D eigenvalue weighted by atomic mass is 35.5. The Morgan fingerprint density at radius 2 is 2.00 bits per heavy atom. The summed E-state index contributed by atoms with van der Waals surface area (Å²) in [6, 6.07) is 8.81. The molecule has 113 valence electrons. The summed E-state index contributed by atoms with van der Waals surface area (Å²) in [7, 11) is 0. The third kappa shape index (κ3) is 2.91. The van der Waals surface area contributed by atoms with E-state index in [-0.39, 0.29) is 0 Å². The third-order valence-electron chi connectivity index (χ3n) is 3.21. The normalized spacial score (nSPS) is 12.0. The Labute approximate surface area is 133 Å². The number of pyridine rings is 1. The molecule has 2 heterocycles. The minimum atomic E-state index is -4.47. The van der Waals surface area contributed by atoms with Crippen LogP contribution in [0.4, 0.5) is 13.2 Å². The molecular formula is C15H8Cl2F3N2. The van der Waals surface area contributed by atoms with Gasteiger partial charge in [0.05, 0.1) is 5.02 Å². The van der Waals surface area contributed by atoms with E-state index < -0.39 is 11.9 Å². The molecule has 0 saturated carbocycles. The lowest BCUT2D eigenvalue weighted by molar-refractivity contribution is -0.141. The van der Waals surface area contributed by atoms with Crippen molar-refractivity contribution < 1.29 is 13.2 Å². The number of hydrogen-bond donors (Lipinski definition) is 1. The van der Waals surface area contributed by atoms with Crippen molar-refractivity contribution >= 4 is 34.1 Å². The number of H-pyrrole nitrogens is 1. The summed E-state index contributed by atoms with van der Waals surface area (Å²) in [6.07, 6.45) is -2.91. The van der Waals surface area contributed by atoms with Crippen LogP contribution in [0.2, 0.25) is 10.0 Å². The predicted molar refractivity (Wildman–Crippen MR) is 79.2 cm³/mol. The van der Waals surface area contributed by atoms with Gasteiger partial charge in [0.2, 0.25) is 0 Å². The molecule has 0 fully saturated rings. The molecule has 0 amide bonds. The van der Waals surface area contributed by atoms with Crippen LogP contribution in [0.15, 0.2) is 30.5 Å². The fourth-order valence-corrected chi connectivity index (χ4v) is 2.67. The Morgan fingerprint density at radius 3 is 2.68 bits per heavy atom. The highest BCUT2D eigenvalue weighted by molar-refractivity contribution is 6.35. The summed E-state index contributed by atoms with van der Waals surface area (Å²) in [4.78, 5) is 6.37. The van der Waals surface area contributed by atoms with Crippen molar-refractivity contribution in [2.75, 3.05) is 0 Å². The standard InChI is InChI=1S/C15H8Cl2F3N2/c16-11-2-1-3-12(17)10(11)5-9-4-8-7-21-14(15(18,19)20)6-13(8)22-9/h1-2,4,6-7,22H,5H2. The van der Waals surface area contributed by atoms with E-state index in [0.29, 0.717) is 38.6 Å². The van der Waals surface area contributed by atoms with Gasteiger partial charge in [0.25, 0.3) is 0 Å². The third-order valence-corrected chi connectivity index (χ3v) is 3.90. The molecule has 3 rings (SSSR count). The minimum absolute atomic E-state index is 0.365. The molecule has 0 bridgehead atoms. The molecule has 1 N–H and O–H groups in total. The van der Waals surface area contributed by atoms with Crippen LogP contribution < -0.4 is 0 Å². The van der Waals surface area contributed by atoms with Gasteiger partial charge in [-0.3, -0.25) is 4.98 Å². The summed E-state index contributed by atoms with van der Waals surface area (Å²) in [6.45, 7) is 0. The van der Waals surface area contributed by atoms with Gasteiger partial charge in [-0.15, -0.1) is 0 Å². The van der Waals surface area contributed by atoms with Gasteiger partial charge in [0, 0.05) is 40.3 Å². The first-order valence-corrected chi connectivity index (χ1v) is 6.99. The van der Waals surface area contributed by atoms with Crippen LogP contribution >= 0.6 is 23.2 Å². The number of benzene rings is 1. The van der Waals surface area contributed by atoms with Crippen LogP contribution in [0.5, 0.6) is 0 Å². The van der Waals surface area contributed by atoms with E-state index in [1.165, 1.54) is 6.20 Å². The van der Waals surface area contributed by atoms with E-state index in [2.05, 4.69) is 16.0 Å². The van der Waals surface area contributed by atoms with Crippen molar-refractivity contribution in [3.05, 3.63) is 63.5 Å². The summed E-state index contributed by atoms with van der Waals surface area (Å²) >= 11 is 12.1. The van der Waals surface area contributed by atoms with Crippen LogP contribution in [-0.4, -0.2) is 9.97 Å². The van der Waals surface area contributed by atoms with E-state index in [1.807, 2.05) is 0 Å². The molecule has 0 atom stereocenters. The molecule has 0 aliphatic carbocycles. The number of alkyl halides is 3. The van der Waals surface area contributed by atoms with E-state index in [1.54, 1.807) is 18.2 Å². The van der Waals surface area contributed by atoms with Crippen molar-refractivity contribution in [1.29, 1.82) is 0 Å². The number of hydrogen-bond acceptors (Lipinski definition) is 1. The highest BCUT2D eigenvalue weighted by Gasteiger charge is 2.32. The average Bonchev–Trinajstić information content (AvgIpc) is 2.83. The molecule has 1 aromatic carbocycles. The summed E-state index contributed by atoms with van der Waals surface area (Å²) < 4.78 is 38.0. The van der Waals surface area contributed by atoms with E-state index in [4.69, 9.17) is 23.2 Å². The second-order valence-electron chi connectivity index (χ2n) is 4.74. The smallest absolute Gasteiger partial charge is 0.358 e. The van der Waals surface area contributed by atoms with Gasteiger partial charge in [-0.2, -0.15) is 13.2 Å². The zero-order valence-electron chi connectivity index (χ0n) is 10.9. The van der Waals surface area contributed by atoms with Crippen molar-refractivity contribution in [2.24, 2.45) is 0 Å². The zero-order chi connectivity index (χ0) is 15.9. The van der Waals surface area contributed by atoms with Gasteiger partial charge in [-0.05, 0) is 23.8 Å². The molecule has 0 aliphatic heterocycles. The fourth-order valence-electron chi connectivity index (χ4n) is 2.17. The van der Waals surface area contributed by atoms with Crippen molar-refractivity contribution in [3.63, 3.8) is 0 Å². The number of halogens is 5. The Balaban J connectivity index is 1.99. The molecule has 0 unspecified atom stereocenters. The number of nitrogens with zero attached hydrogens (tertiary/aromatic N) is 1. The average molecular weight is 344 g/mol. The molecule has 0 aliphatic rings. The van der Waals surface area contributed by atoms with Crippen molar-refractivity contribution in [1.82, 2.24) is 9.97 Å². The SMILES string of the molecule is FC(F)(F)c1cc2[nH]c(Cc3c(Cl)[c]ccc3Cl)cc2cn1. The van der Waals surface area contributed by atoms with Gasteiger partial charge in [0.1, 0.15) is 5.69 Å². The largest absolute Gasteiger partial charge is 0.433 e. The second kappa shape index (κ2) is 5.48. The maximum Gasteiger partial charge on any atom is 0.433 e. The Hall–Kier alpha value is -1.72. The van der Waals surface area contributed by atoms with Crippen molar-refractivity contribution in [2.45, 2.75) is 12.6 Å². The van der Waals surface area contributed by atoms with Gasteiger partial charge in [0.15, 0.2) is 0 Å². The van der Waals surface area contributed by atoms with E-state index >= 15 is 0 Å². The van der Waals surface area contributed by atoms with Gasteiger partial charge in [-0.1, -0.05) is 29.3 Å². The zero-order valence-corrected chi connectivity index (χ0v) is 12.4. The summed E-state index contributed by atoms with van der Waals surface area (Å²) in [5, 5.41) is 1.46. The van der Waals surface area contributed by atoms with Crippen LogP contribution in [0.3, 0.4) is 0 Å². The maximum absolute atomic E-state index is 12.7. The number of rotatable bonds is 2. The van der Waals surface area contributed by atoms with E-state index in [9.17, 15) is 13.2 Å².